The first-order valence-electron chi connectivity index (χ1n) is 18.3. The minimum absolute atomic E-state index is 0.318. The number of hydrogen-bond donors (Lipinski definition) is 0. The topological polar surface area (TPSA) is 55.4 Å². The molecule has 0 aromatic heterocycles. The van der Waals surface area contributed by atoms with E-state index < -0.39 is 12.2 Å². The molecule has 1 saturated heterocycles. The molecule has 6 nitrogen and oxygen atoms in total. The van der Waals surface area contributed by atoms with Crippen LogP contribution in [0.1, 0.15) is 114 Å². The van der Waals surface area contributed by atoms with Crippen molar-refractivity contribution in [2.24, 2.45) is 0 Å². The van der Waals surface area contributed by atoms with Crippen LogP contribution in [0.5, 0.6) is 5.75 Å². The molecule has 8 heteroatoms. The van der Waals surface area contributed by atoms with Gasteiger partial charge in [-0.3, -0.25) is 0 Å². The van der Waals surface area contributed by atoms with E-state index in [2.05, 4.69) is 87.5 Å². The summed E-state index contributed by atoms with van der Waals surface area (Å²) in [5.41, 5.74) is 4.34. The highest BCUT2D eigenvalue weighted by Gasteiger charge is 2.49. The molecule has 0 spiro atoms. The average molecular weight is 752 g/mol. The van der Waals surface area contributed by atoms with Crippen LogP contribution in [0, 0.1) is 0 Å². The van der Waals surface area contributed by atoms with Crippen LogP contribution < -0.4 is 4.74 Å². The summed E-state index contributed by atoms with van der Waals surface area (Å²) in [6.07, 6.45) is 9.42. The fourth-order valence-corrected chi connectivity index (χ4v) is 6.85. The maximum absolute atomic E-state index is 7.12. The van der Waals surface area contributed by atoms with Crippen molar-refractivity contribution in [2.75, 3.05) is 39.6 Å². The van der Waals surface area contributed by atoms with E-state index >= 15 is 0 Å². The maximum Gasteiger partial charge on any atom is 0.153 e. The molecule has 1 aliphatic heterocycles. The van der Waals surface area contributed by atoms with Crippen molar-refractivity contribution in [1.82, 2.24) is 0 Å². The van der Waals surface area contributed by atoms with Crippen LogP contribution in [0.3, 0.4) is 0 Å². The molecule has 5 atom stereocenters. The van der Waals surface area contributed by atoms with Crippen LogP contribution in [-0.4, -0.2) is 64.1 Å². The van der Waals surface area contributed by atoms with Gasteiger partial charge >= 0.3 is 0 Å². The summed E-state index contributed by atoms with van der Waals surface area (Å²) in [6, 6.07) is 10.9. The molecule has 1 fully saturated rings. The van der Waals surface area contributed by atoms with Crippen molar-refractivity contribution in [3.05, 3.63) is 74.7 Å². The predicted octanol–water partition coefficient (Wildman–Crippen LogP) is 10.6. The molecule has 0 radical (unpaired) electrons. The molecule has 1 aliphatic rings. The molecule has 48 heavy (non-hydrogen) atoms. The summed E-state index contributed by atoms with van der Waals surface area (Å²) >= 11 is 11.0. The molecule has 0 bridgehead atoms. The Balaban J connectivity index is 2.15. The Labute approximate surface area is 304 Å². The molecule has 3 rings (SSSR count). The van der Waals surface area contributed by atoms with Gasteiger partial charge in [0.15, 0.2) is 5.75 Å². The van der Waals surface area contributed by atoms with Crippen LogP contribution >= 0.6 is 27.5 Å². The van der Waals surface area contributed by atoms with E-state index in [4.69, 9.17) is 40.0 Å². The third-order valence-corrected chi connectivity index (χ3v) is 9.96. The highest BCUT2D eigenvalue weighted by atomic mass is 79.9. The van der Waals surface area contributed by atoms with Crippen molar-refractivity contribution < 1.29 is 28.4 Å². The zero-order chi connectivity index (χ0) is 34.7. The largest absolute Gasteiger partial charge is 0.487 e. The second-order valence-electron chi connectivity index (χ2n) is 12.6. The lowest BCUT2D eigenvalue weighted by Crippen LogP contribution is -2.58. The summed E-state index contributed by atoms with van der Waals surface area (Å²) < 4.78 is 40.4. The molecule has 0 aliphatic carbocycles. The van der Waals surface area contributed by atoms with Crippen LogP contribution in [0.15, 0.2) is 47.5 Å². The molecule has 270 valence electrons. The summed E-state index contributed by atoms with van der Waals surface area (Å²) in [5.74, 6) is 0.575. The van der Waals surface area contributed by atoms with Gasteiger partial charge in [0.1, 0.15) is 37.1 Å². The van der Waals surface area contributed by atoms with Gasteiger partial charge in [-0.15, -0.1) is 0 Å². The van der Waals surface area contributed by atoms with E-state index in [1.807, 2.05) is 0 Å². The van der Waals surface area contributed by atoms with Crippen LogP contribution in [0.2, 0.25) is 5.02 Å². The Hall–Kier alpha value is -1.45. The van der Waals surface area contributed by atoms with Gasteiger partial charge < -0.3 is 28.4 Å². The average Bonchev–Trinajstić information content (AvgIpc) is 3.10. The smallest absolute Gasteiger partial charge is 0.153 e. The van der Waals surface area contributed by atoms with Crippen LogP contribution in [0.25, 0.3) is 0 Å². The van der Waals surface area contributed by atoms with Crippen LogP contribution in [0.4, 0.5) is 0 Å². The summed E-state index contributed by atoms with van der Waals surface area (Å²) in [4.78, 5) is 0. The third kappa shape index (κ3) is 12.1. The second-order valence-corrected chi connectivity index (χ2v) is 13.8. The van der Waals surface area contributed by atoms with E-state index in [1.165, 1.54) is 11.1 Å². The van der Waals surface area contributed by atoms with E-state index in [0.717, 1.165) is 73.4 Å². The standard InChI is InChI=1S/C40H60BrClO6/c1-7-13-22-43-28-33-37(45-23-14-8-2)40(47-25-16-10-4)39(46-24-15-9-3)36(48-33)32-27-31(26-30-19-17-29(12-6)18-20-30)35(42)38(34(32)41)44-21-11-5/h11,17-20,27,33,36-37,39-40H,5,7-10,12-16,21-26,28H2,1-4,6H3/t33-,36+,37-,39+,40+/m1/s1. The SMILES string of the molecule is C=CCOc1c(Cl)c(Cc2ccc(CC)cc2)cc([C@@H]2O[C@H](COCCCC)[C@@H](OCCCC)[C@H](OCCCC)[C@H]2OCCCC)c1Br. The highest BCUT2D eigenvalue weighted by molar-refractivity contribution is 9.10. The Morgan fingerprint density at radius 1 is 0.792 bits per heavy atom. The summed E-state index contributed by atoms with van der Waals surface area (Å²) in [7, 11) is 0. The number of aryl methyl sites for hydroxylation is 1. The second kappa shape index (κ2) is 23.1. The Bertz CT molecular complexity index is 1190. The number of halogens is 2. The number of rotatable bonds is 24. The fraction of sp³-hybridized carbons (Fsp3) is 0.650. The molecule has 0 amide bonds. The monoisotopic (exact) mass is 750 g/mol. The number of hydrogen-bond acceptors (Lipinski definition) is 6. The number of ether oxygens (including phenoxy) is 6. The normalized spacial score (nSPS) is 21.0. The van der Waals surface area contributed by atoms with Gasteiger partial charge in [-0.2, -0.15) is 0 Å². The molecular weight excluding hydrogens is 692 g/mol. The highest BCUT2D eigenvalue weighted by Crippen LogP contribution is 2.47. The molecule has 2 aromatic carbocycles. The number of unbranched alkanes of at least 4 members (excludes halogenated alkanes) is 4. The molecule has 0 unspecified atom stereocenters. The first-order chi connectivity index (χ1) is 23.4. The quantitative estimate of drug-likeness (QED) is 0.0786. The van der Waals surface area contributed by atoms with Crippen molar-refractivity contribution in [1.29, 1.82) is 0 Å². The minimum Gasteiger partial charge on any atom is -0.487 e. The van der Waals surface area contributed by atoms with Gasteiger partial charge in [0.05, 0.1) is 16.1 Å². The van der Waals surface area contributed by atoms with Crippen molar-refractivity contribution in [3.8, 4) is 5.75 Å². The Kier molecular flexibility index (Phi) is 19.7. The molecule has 2 aromatic rings. The van der Waals surface area contributed by atoms with E-state index in [0.29, 0.717) is 56.8 Å². The van der Waals surface area contributed by atoms with E-state index in [1.54, 1.807) is 6.08 Å². The van der Waals surface area contributed by atoms with Gasteiger partial charge in [-0.25, -0.2) is 0 Å². The third-order valence-electron chi connectivity index (χ3n) is 8.72. The first-order valence-corrected chi connectivity index (χ1v) is 19.5. The summed E-state index contributed by atoms with van der Waals surface area (Å²) in [5, 5.41) is 0.572. The maximum atomic E-state index is 7.12. The first kappa shape index (κ1) is 41.0. The number of benzene rings is 2. The van der Waals surface area contributed by atoms with Gasteiger partial charge in [-0.1, -0.05) is 109 Å². The van der Waals surface area contributed by atoms with Gasteiger partial charge in [0.25, 0.3) is 0 Å². The fourth-order valence-electron chi connectivity index (χ4n) is 5.81. The molecule has 0 saturated carbocycles. The lowest BCUT2D eigenvalue weighted by Gasteiger charge is -2.47. The van der Waals surface area contributed by atoms with Crippen molar-refractivity contribution in [3.63, 3.8) is 0 Å². The van der Waals surface area contributed by atoms with Gasteiger partial charge in [0, 0.05) is 32.0 Å². The lowest BCUT2D eigenvalue weighted by atomic mass is 9.89. The lowest BCUT2D eigenvalue weighted by molar-refractivity contribution is -0.268. The van der Waals surface area contributed by atoms with Crippen LogP contribution in [-0.2, 0) is 36.5 Å². The molecule has 1 heterocycles. The van der Waals surface area contributed by atoms with Crippen molar-refractivity contribution >= 4 is 27.5 Å². The summed E-state index contributed by atoms with van der Waals surface area (Å²) in [6.45, 7) is 18.0. The molecule has 0 N–H and O–H groups in total. The zero-order valence-electron chi connectivity index (χ0n) is 30.1. The van der Waals surface area contributed by atoms with Gasteiger partial charge in [-0.05, 0) is 77.2 Å². The van der Waals surface area contributed by atoms with E-state index in [-0.39, 0.29) is 18.3 Å². The zero-order valence-corrected chi connectivity index (χ0v) is 32.4. The minimum atomic E-state index is -0.488. The molecular formula is C40H60BrClO6. The predicted molar refractivity (Wildman–Crippen MR) is 201 cm³/mol. The van der Waals surface area contributed by atoms with Gasteiger partial charge in [0.2, 0.25) is 0 Å². The Morgan fingerprint density at radius 3 is 1.94 bits per heavy atom. The Morgan fingerprint density at radius 2 is 1.35 bits per heavy atom. The van der Waals surface area contributed by atoms with E-state index in [9.17, 15) is 0 Å². The van der Waals surface area contributed by atoms with Crippen molar-refractivity contribution in [2.45, 2.75) is 129 Å².